The molecule has 4 aromatic rings. The molecule has 0 unspecified atom stereocenters. The normalized spacial score (nSPS) is 12.5. The topological polar surface area (TPSA) is 0 Å². The Labute approximate surface area is 240 Å². The zero-order valence-electron chi connectivity index (χ0n) is 24.6. The predicted molar refractivity (Wildman–Crippen MR) is 177 cm³/mol. The van der Waals surface area contributed by atoms with E-state index in [0.29, 0.717) is 0 Å². The minimum absolute atomic E-state index is 1.23. The van der Waals surface area contributed by atoms with Crippen LogP contribution in [-0.2, 0) is 6.42 Å². The molecule has 38 heavy (non-hydrogen) atoms. The van der Waals surface area contributed by atoms with Crippen molar-refractivity contribution in [3.63, 3.8) is 0 Å². The molecule has 2 heteroatoms. The van der Waals surface area contributed by atoms with E-state index < -0.39 is 0 Å². The number of hydrogen-bond acceptors (Lipinski definition) is 2. The van der Waals surface area contributed by atoms with Gasteiger partial charge in [-0.05, 0) is 86.4 Å². The Kier molecular flexibility index (Phi) is 11.8. The lowest BCUT2D eigenvalue weighted by Crippen LogP contribution is -1.85. The average molecular weight is 547 g/mol. The van der Waals surface area contributed by atoms with Crippen molar-refractivity contribution in [3.8, 4) is 0 Å². The number of benzene rings is 2. The minimum atomic E-state index is 1.23. The molecule has 0 amide bonds. The lowest BCUT2D eigenvalue weighted by Gasteiger charge is -2.06. The van der Waals surface area contributed by atoms with E-state index in [4.69, 9.17) is 0 Å². The fraction of sp³-hybridized carbons (Fsp3) is 0.556. The highest BCUT2D eigenvalue weighted by Crippen LogP contribution is 2.40. The summed E-state index contributed by atoms with van der Waals surface area (Å²) in [6.07, 6.45) is 24.3. The lowest BCUT2D eigenvalue weighted by molar-refractivity contribution is 0.589. The van der Waals surface area contributed by atoms with E-state index in [2.05, 4.69) is 64.1 Å². The van der Waals surface area contributed by atoms with Crippen LogP contribution in [0.15, 0.2) is 35.9 Å². The summed E-state index contributed by atoms with van der Waals surface area (Å²) in [5.74, 6) is 0. The number of thiophene rings is 2. The average Bonchev–Trinajstić information content (AvgIpc) is 3.45. The Morgan fingerprint density at radius 2 is 1.24 bits per heavy atom. The van der Waals surface area contributed by atoms with Gasteiger partial charge in [-0.15, -0.1) is 22.7 Å². The van der Waals surface area contributed by atoms with Gasteiger partial charge >= 0.3 is 0 Å². The Bertz CT molecular complexity index is 1320. The molecule has 0 fully saturated rings. The van der Waals surface area contributed by atoms with Gasteiger partial charge in [0.05, 0.1) is 0 Å². The highest BCUT2D eigenvalue weighted by Gasteiger charge is 2.11. The van der Waals surface area contributed by atoms with Gasteiger partial charge in [0, 0.05) is 29.7 Å². The molecule has 0 aliphatic rings. The molecule has 0 bridgehead atoms. The van der Waals surface area contributed by atoms with Crippen molar-refractivity contribution < 1.29 is 0 Å². The molecule has 0 nitrogen and oxygen atoms in total. The predicted octanol–water partition coefficient (Wildman–Crippen LogP) is 13.4. The zero-order chi connectivity index (χ0) is 26.7. The van der Waals surface area contributed by atoms with Crippen molar-refractivity contribution in [1.82, 2.24) is 0 Å². The summed E-state index contributed by atoms with van der Waals surface area (Å²) in [7, 11) is 0. The summed E-state index contributed by atoms with van der Waals surface area (Å²) >= 11 is 3.99. The van der Waals surface area contributed by atoms with Crippen LogP contribution in [0.3, 0.4) is 0 Å². The van der Waals surface area contributed by atoms with E-state index in [0.717, 1.165) is 0 Å². The third kappa shape index (κ3) is 8.18. The van der Waals surface area contributed by atoms with Gasteiger partial charge in [-0.3, -0.25) is 0 Å². The van der Waals surface area contributed by atoms with Crippen LogP contribution in [0.5, 0.6) is 0 Å². The van der Waals surface area contributed by atoms with Crippen LogP contribution in [0.1, 0.15) is 133 Å². The number of aryl methyl sites for hydroxylation is 2. The van der Waals surface area contributed by atoms with Gasteiger partial charge in [-0.1, -0.05) is 103 Å². The van der Waals surface area contributed by atoms with Crippen LogP contribution in [0.2, 0.25) is 0 Å². The Balaban J connectivity index is 1.42. The van der Waals surface area contributed by atoms with E-state index in [1.807, 2.05) is 22.7 Å². The van der Waals surface area contributed by atoms with E-state index in [1.165, 1.54) is 150 Å². The standard InChI is InChI=1S/C36H50S2/c1-5-7-9-11-13-15-17-19-27(3)21-29-24-32-33-25-30-23-31(20-18-16-14-12-10-8-6-2)37-34(30)26-36(33)38-35(32)22-28(29)4/h21-26H,5-20H2,1-4H3/b27-21+. The smallest absolute Gasteiger partial charge is 0.0369 e. The Morgan fingerprint density at radius 1 is 0.632 bits per heavy atom. The summed E-state index contributed by atoms with van der Waals surface area (Å²) in [5.41, 5.74) is 4.33. The number of hydrogen-bond donors (Lipinski definition) is 0. The van der Waals surface area contributed by atoms with Gasteiger partial charge in [0.1, 0.15) is 0 Å². The van der Waals surface area contributed by atoms with Crippen LogP contribution in [0, 0.1) is 6.92 Å². The molecule has 0 saturated heterocycles. The first-order valence-corrected chi connectivity index (χ1v) is 17.3. The van der Waals surface area contributed by atoms with Crippen molar-refractivity contribution in [2.24, 2.45) is 0 Å². The first-order chi connectivity index (χ1) is 18.6. The number of fused-ring (bicyclic) bond motifs is 4. The van der Waals surface area contributed by atoms with Crippen molar-refractivity contribution in [2.75, 3.05) is 0 Å². The molecule has 0 spiro atoms. The summed E-state index contributed by atoms with van der Waals surface area (Å²) < 4.78 is 4.34. The molecule has 4 rings (SSSR count). The zero-order valence-corrected chi connectivity index (χ0v) is 26.2. The first kappa shape index (κ1) is 29.3. The van der Waals surface area contributed by atoms with Crippen molar-refractivity contribution in [1.29, 1.82) is 0 Å². The number of unbranched alkanes of at least 4 members (excludes halogenated alkanes) is 12. The number of rotatable bonds is 17. The summed E-state index contributed by atoms with van der Waals surface area (Å²) in [6, 6.07) is 12.3. The second-order valence-corrected chi connectivity index (χ2v) is 13.9. The second-order valence-electron chi connectivity index (χ2n) is 11.6. The van der Waals surface area contributed by atoms with Crippen LogP contribution in [-0.4, -0.2) is 0 Å². The summed E-state index contributed by atoms with van der Waals surface area (Å²) in [6.45, 7) is 9.20. The highest BCUT2D eigenvalue weighted by molar-refractivity contribution is 7.26. The van der Waals surface area contributed by atoms with E-state index in [9.17, 15) is 0 Å². The molecule has 0 N–H and O–H groups in total. The van der Waals surface area contributed by atoms with Gasteiger partial charge in [-0.25, -0.2) is 0 Å². The Morgan fingerprint density at radius 3 is 1.95 bits per heavy atom. The maximum Gasteiger partial charge on any atom is 0.0369 e. The maximum absolute atomic E-state index is 2.47. The van der Waals surface area contributed by atoms with Crippen molar-refractivity contribution >= 4 is 59.0 Å². The van der Waals surface area contributed by atoms with Crippen LogP contribution in [0.4, 0.5) is 0 Å². The second kappa shape index (κ2) is 15.2. The fourth-order valence-electron chi connectivity index (χ4n) is 5.76. The molecule has 206 valence electrons. The molecule has 2 aromatic heterocycles. The number of allylic oxidation sites excluding steroid dienone is 1. The first-order valence-electron chi connectivity index (χ1n) is 15.7. The van der Waals surface area contributed by atoms with Crippen LogP contribution in [0.25, 0.3) is 36.3 Å². The van der Waals surface area contributed by atoms with Crippen molar-refractivity contribution in [2.45, 2.75) is 130 Å². The molecule has 0 saturated carbocycles. The van der Waals surface area contributed by atoms with E-state index >= 15 is 0 Å². The molecular formula is C36H50S2. The quantitative estimate of drug-likeness (QED) is 0.116. The third-order valence-corrected chi connectivity index (χ3v) is 10.4. The van der Waals surface area contributed by atoms with E-state index in [-0.39, 0.29) is 0 Å². The third-order valence-electron chi connectivity index (χ3n) is 8.15. The van der Waals surface area contributed by atoms with Gasteiger partial charge in [0.15, 0.2) is 0 Å². The summed E-state index contributed by atoms with van der Waals surface area (Å²) in [4.78, 5) is 1.57. The van der Waals surface area contributed by atoms with Gasteiger partial charge in [-0.2, -0.15) is 0 Å². The molecule has 2 aromatic carbocycles. The SMILES string of the molecule is CCCCCCCCC/C(C)=C/c1cc2c(cc1C)sc1cc3sc(CCCCCCCCC)cc3cc12. The largest absolute Gasteiger partial charge is 0.140 e. The molecule has 0 aliphatic carbocycles. The van der Waals surface area contributed by atoms with Gasteiger partial charge in [0.25, 0.3) is 0 Å². The molecule has 2 heterocycles. The fourth-order valence-corrected chi connectivity index (χ4v) is 8.17. The Hall–Kier alpha value is -1.64. The molecule has 0 aliphatic heterocycles. The molecular weight excluding hydrogens is 497 g/mol. The minimum Gasteiger partial charge on any atom is -0.140 e. The molecule has 0 radical (unpaired) electrons. The summed E-state index contributed by atoms with van der Waals surface area (Å²) in [5, 5.41) is 4.32. The van der Waals surface area contributed by atoms with Gasteiger partial charge in [0.2, 0.25) is 0 Å². The monoisotopic (exact) mass is 546 g/mol. The van der Waals surface area contributed by atoms with Crippen LogP contribution >= 0.6 is 22.7 Å². The van der Waals surface area contributed by atoms with Crippen molar-refractivity contribution in [3.05, 3.63) is 51.9 Å². The maximum atomic E-state index is 2.47. The molecule has 0 atom stereocenters. The van der Waals surface area contributed by atoms with Crippen LogP contribution < -0.4 is 0 Å². The highest BCUT2D eigenvalue weighted by atomic mass is 32.1. The van der Waals surface area contributed by atoms with Gasteiger partial charge < -0.3 is 0 Å². The van der Waals surface area contributed by atoms with E-state index in [1.54, 1.807) is 4.88 Å². The lowest BCUT2D eigenvalue weighted by atomic mass is 9.99.